The molecule has 0 aromatic rings. The fraction of sp³-hybridized carbons (Fsp3) is 1.00. The maximum atomic E-state index is 5.26. The van der Waals surface area contributed by atoms with Crippen molar-refractivity contribution < 1.29 is 4.74 Å². The van der Waals surface area contributed by atoms with Crippen LogP contribution in [0.4, 0.5) is 0 Å². The molecule has 1 rings (SSSR count). The second-order valence-corrected chi connectivity index (χ2v) is 6.44. The molecule has 1 aliphatic carbocycles. The van der Waals surface area contributed by atoms with E-state index in [0.29, 0.717) is 11.5 Å². The maximum absolute atomic E-state index is 5.26. The van der Waals surface area contributed by atoms with Crippen LogP contribution in [0.3, 0.4) is 0 Å². The van der Waals surface area contributed by atoms with E-state index in [4.69, 9.17) is 4.74 Å². The molecule has 1 aliphatic rings. The first-order chi connectivity index (χ1) is 9.13. The van der Waals surface area contributed by atoms with Crippen molar-refractivity contribution in [1.82, 2.24) is 10.2 Å². The largest absolute Gasteiger partial charge is 0.383 e. The molecule has 0 aromatic carbocycles. The Kier molecular flexibility index (Phi) is 7.96. The summed E-state index contributed by atoms with van der Waals surface area (Å²) < 4.78 is 5.26. The molecule has 3 nitrogen and oxygen atoms in total. The second kappa shape index (κ2) is 8.93. The summed E-state index contributed by atoms with van der Waals surface area (Å²) in [6.45, 7) is 12.3. The van der Waals surface area contributed by atoms with Crippen LogP contribution < -0.4 is 5.32 Å². The van der Waals surface area contributed by atoms with Gasteiger partial charge in [0.1, 0.15) is 0 Å². The van der Waals surface area contributed by atoms with Crippen LogP contribution >= 0.6 is 0 Å². The minimum absolute atomic E-state index is 0.507. The van der Waals surface area contributed by atoms with Gasteiger partial charge in [0, 0.05) is 32.8 Å². The normalized spacial score (nSPS) is 18.6. The van der Waals surface area contributed by atoms with E-state index in [0.717, 1.165) is 19.7 Å². The van der Waals surface area contributed by atoms with E-state index >= 15 is 0 Å². The molecule has 0 aromatic heterocycles. The first kappa shape index (κ1) is 16.9. The van der Waals surface area contributed by atoms with Gasteiger partial charge in [-0.05, 0) is 45.1 Å². The van der Waals surface area contributed by atoms with Gasteiger partial charge in [0.25, 0.3) is 0 Å². The Hall–Kier alpha value is -0.120. The highest BCUT2D eigenvalue weighted by molar-refractivity contribution is 4.90. The van der Waals surface area contributed by atoms with Gasteiger partial charge in [0.2, 0.25) is 0 Å². The van der Waals surface area contributed by atoms with Gasteiger partial charge >= 0.3 is 0 Å². The van der Waals surface area contributed by atoms with Crippen LogP contribution in [0.15, 0.2) is 0 Å². The Morgan fingerprint density at radius 2 is 1.95 bits per heavy atom. The van der Waals surface area contributed by atoms with Gasteiger partial charge in [0.15, 0.2) is 0 Å². The minimum Gasteiger partial charge on any atom is -0.383 e. The highest BCUT2D eigenvalue weighted by atomic mass is 16.5. The van der Waals surface area contributed by atoms with E-state index in [-0.39, 0.29) is 0 Å². The zero-order valence-corrected chi connectivity index (χ0v) is 13.5. The molecule has 0 amide bonds. The smallest absolute Gasteiger partial charge is 0.0589 e. The lowest BCUT2D eigenvalue weighted by molar-refractivity contribution is 0.0847. The van der Waals surface area contributed by atoms with Crippen LogP contribution in [0, 0.1) is 5.41 Å². The van der Waals surface area contributed by atoms with E-state index in [1.54, 1.807) is 7.11 Å². The molecular formula is C16H34N2O. The number of rotatable bonds is 10. The van der Waals surface area contributed by atoms with Crippen molar-refractivity contribution in [3.05, 3.63) is 0 Å². The predicted octanol–water partition coefficient (Wildman–Crippen LogP) is 2.90. The summed E-state index contributed by atoms with van der Waals surface area (Å²) in [6.07, 6.45) is 6.82. The third-order valence-corrected chi connectivity index (χ3v) is 4.44. The summed E-state index contributed by atoms with van der Waals surface area (Å²) in [7, 11) is 1.80. The standard InChI is InChI=1S/C16H34N2O/c1-5-10-17-13-16(8-6-7-9-16)14-18(15(2)3)11-12-19-4/h15,17H,5-14H2,1-4H3. The van der Waals surface area contributed by atoms with Crippen molar-refractivity contribution in [3.63, 3.8) is 0 Å². The second-order valence-electron chi connectivity index (χ2n) is 6.44. The molecule has 0 aliphatic heterocycles. The Morgan fingerprint density at radius 1 is 1.26 bits per heavy atom. The van der Waals surface area contributed by atoms with Crippen molar-refractivity contribution in [2.24, 2.45) is 5.41 Å². The molecule has 0 heterocycles. The van der Waals surface area contributed by atoms with E-state index in [1.165, 1.54) is 45.2 Å². The summed E-state index contributed by atoms with van der Waals surface area (Å²) in [4.78, 5) is 2.60. The van der Waals surface area contributed by atoms with Gasteiger partial charge in [-0.1, -0.05) is 19.8 Å². The van der Waals surface area contributed by atoms with Crippen LogP contribution in [-0.2, 0) is 4.74 Å². The molecule has 114 valence electrons. The van der Waals surface area contributed by atoms with Crippen LogP contribution in [0.2, 0.25) is 0 Å². The maximum Gasteiger partial charge on any atom is 0.0589 e. The first-order valence-electron chi connectivity index (χ1n) is 8.07. The lowest BCUT2D eigenvalue weighted by atomic mass is 9.85. The van der Waals surface area contributed by atoms with Crippen LogP contribution in [-0.4, -0.2) is 50.8 Å². The first-order valence-corrected chi connectivity index (χ1v) is 8.07. The van der Waals surface area contributed by atoms with Gasteiger partial charge in [-0.2, -0.15) is 0 Å². The average Bonchev–Trinajstić information content (AvgIpc) is 2.83. The molecule has 19 heavy (non-hydrogen) atoms. The summed E-state index contributed by atoms with van der Waals surface area (Å²) >= 11 is 0. The molecular weight excluding hydrogens is 236 g/mol. The molecule has 0 atom stereocenters. The fourth-order valence-electron chi connectivity index (χ4n) is 3.21. The van der Waals surface area contributed by atoms with Gasteiger partial charge in [-0.25, -0.2) is 0 Å². The number of ether oxygens (including phenoxy) is 1. The predicted molar refractivity (Wildman–Crippen MR) is 82.6 cm³/mol. The number of hydrogen-bond donors (Lipinski definition) is 1. The summed E-state index contributed by atoms with van der Waals surface area (Å²) in [5.41, 5.74) is 0.507. The molecule has 0 bridgehead atoms. The van der Waals surface area contributed by atoms with Crippen molar-refractivity contribution >= 4 is 0 Å². The van der Waals surface area contributed by atoms with Gasteiger partial charge in [-0.3, -0.25) is 4.90 Å². The van der Waals surface area contributed by atoms with Crippen LogP contribution in [0.5, 0.6) is 0 Å². The Morgan fingerprint density at radius 3 is 2.47 bits per heavy atom. The molecule has 1 saturated carbocycles. The zero-order valence-electron chi connectivity index (χ0n) is 13.5. The lowest BCUT2D eigenvalue weighted by Crippen LogP contribution is -2.46. The molecule has 0 radical (unpaired) electrons. The number of hydrogen-bond acceptors (Lipinski definition) is 3. The monoisotopic (exact) mass is 270 g/mol. The average molecular weight is 270 g/mol. The van der Waals surface area contributed by atoms with Crippen LogP contribution in [0.1, 0.15) is 52.9 Å². The Labute approximate surface area is 120 Å². The molecule has 0 spiro atoms. The summed E-state index contributed by atoms with van der Waals surface area (Å²) in [5, 5.41) is 3.66. The molecule has 1 N–H and O–H groups in total. The molecule has 0 unspecified atom stereocenters. The van der Waals surface area contributed by atoms with Gasteiger partial charge in [0.05, 0.1) is 6.61 Å². The Bertz CT molecular complexity index is 225. The third kappa shape index (κ3) is 5.80. The van der Waals surface area contributed by atoms with Crippen molar-refractivity contribution in [3.8, 4) is 0 Å². The number of methoxy groups -OCH3 is 1. The molecule has 0 saturated heterocycles. The molecule has 1 fully saturated rings. The quantitative estimate of drug-likeness (QED) is 0.618. The third-order valence-electron chi connectivity index (χ3n) is 4.44. The van der Waals surface area contributed by atoms with E-state index in [9.17, 15) is 0 Å². The number of nitrogens with zero attached hydrogens (tertiary/aromatic N) is 1. The number of nitrogens with one attached hydrogen (secondary N) is 1. The van der Waals surface area contributed by atoms with Crippen LogP contribution in [0.25, 0.3) is 0 Å². The topological polar surface area (TPSA) is 24.5 Å². The SMILES string of the molecule is CCCNCC1(CN(CCOC)C(C)C)CCCC1. The summed E-state index contributed by atoms with van der Waals surface area (Å²) in [5.74, 6) is 0. The summed E-state index contributed by atoms with van der Waals surface area (Å²) in [6, 6.07) is 0.610. The van der Waals surface area contributed by atoms with Gasteiger partial charge in [-0.15, -0.1) is 0 Å². The van der Waals surface area contributed by atoms with Gasteiger partial charge < -0.3 is 10.1 Å². The highest BCUT2D eigenvalue weighted by Gasteiger charge is 2.35. The van der Waals surface area contributed by atoms with E-state index in [2.05, 4.69) is 31.0 Å². The highest BCUT2D eigenvalue weighted by Crippen LogP contribution is 2.38. The van der Waals surface area contributed by atoms with Crippen molar-refractivity contribution in [1.29, 1.82) is 0 Å². The molecule has 3 heteroatoms. The van der Waals surface area contributed by atoms with E-state index in [1.807, 2.05) is 0 Å². The van der Waals surface area contributed by atoms with Crippen molar-refractivity contribution in [2.45, 2.75) is 58.9 Å². The zero-order chi connectivity index (χ0) is 14.1. The van der Waals surface area contributed by atoms with E-state index < -0.39 is 0 Å². The lowest BCUT2D eigenvalue weighted by Gasteiger charge is -2.37. The van der Waals surface area contributed by atoms with Crippen molar-refractivity contribution in [2.75, 3.05) is 39.9 Å². The minimum atomic E-state index is 0.507. The fourth-order valence-corrected chi connectivity index (χ4v) is 3.21. The Balaban J connectivity index is 2.53.